The van der Waals surface area contributed by atoms with Crippen molar-refractivity contribution in [2.45, 2.75) is 13.3 Å². The van der Waals surface area contributed by atoms with Gasteiger partial charge in [-0.05, 0) is 32.9 Å². The van der Waals surface area contributed by atoms with E-state index in [9.17, 15) is 0 Å². The first-order valence-corrected chi connectivity index (χ1v) is 5.98. The molecule has 0 radical (unpaired) electrons. The normalized spacial score (nSPS) is 20.5. The van der Waals surface area contributed by atoms with Gasteiger partial charge in [0.15, 0.2) is 0 Å². The topological polar surface area (TPSA) is 50.3 Å². The van der Waals surface area contributed by atoms with E-state index in [2.05, 4.69) is 27.2 Å². The Kier molecular flexibility index (Phi) is 3.78. The summed E-state index contributed by atoms with van der Waals surface area (Å²) in [5.41, 5.74) is 0.973. The summed E-state index contributed by atoms with van der Waals surface area (Å²) in [6, 6.07) is 0. The second-order valence-electron chi connectivity index (χ2n) is 4.65. The molecular formula is C12H20N4O. The van der Waals surface area contributed by atoms with Gasteiger partial charge in [-0.1, -0.05) is 0 Å². The number of methoxy groups -OCH3 is 1. The highest BCUT2D eigenvalue weighted by Gasteiger charge is 2.19. The maximum absolute atomic E-state index is 5.18. The molecule has 1 atom stereocenters. The number of anilines is 1. The van der Waals surface area contributed by atoms with Crippen molar-refractivity contribution < 1.29 is 4.74 Å². The Morgan fingerprint density at radius 3 is 3.00 bits per heavy atom. The van der Waals surface area contributed by atoms with Gasteiger partial charge in [-0.15, -0.1) is 0 Å². The van der Waals surface area contributed by atoms with Gasteiger partial charge in [0.2, 0.25) is 5.88 Å². The standard InChI is InChI=1S/C12H20N4O/c1-9-11(14-8-15-12(9)17-3)13-6-10-4-5-16(2)7-10/h8,10H,4-7H2,1-3H3,(H,13,14,15). The number of hydrogen-bond donors (Lipinski definition) is 1. The molecule has 5 nitrogen and oxygen atoms in total. The van der Waals surface area contributed by atoms with Gasteiger partial charge in [-0.2, -0.15) is 0 Å². The monoisotopic (exact) mass is 236 g/mol. The highest BCUT2D eigenvalue weighted by Crippen LogP contribution is 2.21. The molecule has 2 rings (SSSR count). The highest BCUT2D eigenvalue weighted by molar-refractivity contribution is 5.47. The Hall–Kier alpha value is -1.36. The first-order chi connectivity index (χ1) is 8.20. The summed E-state index contributed by atoms with van der Waals surface area (Å²) in [6.45, 7) is 5.29. The van der Waals surface area contributed by atoms with Crippen LogP contribution in [-0.2, 0) is 0 Å². The van der Waals surface area contributed by atoms with Gasteiger partial charge < -0.3 is 15.0 Å². The zero-order valence-electron chi connectivity index (χ0n) is 10.7. The fraction of sp³-hybridized carbons (Fsp3) is 0.667. The minimum Gasteiger partial charge on any atom is -0.481 e. The second-order valence-corrected chi connectivity index (χ2v) is 4.65. The minimum absolute atomic E-state index is 0.644. The molecule has 0 amide bonds. The summed E-state index contributed by atoms with van der Waals surface area (Å²) >= 11 is 0. The van der Waals surface area contributed by atoms with Crippen LogP contribution < -0.4 is 10.1 Å². The van der Waals surface area contributed by atoms with E-state index in [1.165, 1.54) is 19.3 Å². The molecule has 17 heavy (non-hydrogen) atoms. The van der Waals surface area contributed by atoms with Gasteiger partial charge in [-0.3, -0.25) is 0 Å². The lowest BCUT2D eigenvalue weighted by atomic mass is 10.1. The third-order valence-corrected chi connectivity index (χ3v) is 3.28. The maximum Gasteiger partial charge on any atom is 0.221 e. The van der Waals surface area contributed by atoms with Crippen molar-refractivity contribution in [1.29, 1.82) is 0 Å². The lowest BCUT2D eigenvalue weighted by Gasteiger charge is -2.14. The molecule has 1 aromatic heterocycles. The molecule has 5 heteroatoms. The van der Waals surface area contributed by atoms with Crippen LogP contribution in [0.1, 0.15) is 12.0 Å². The second kappa shape index (κ2) is 5.31. The van der Waals surface area contributed by atoms with Crippen molar-refractivity contribution in [3.05, 3.63) is 11.9 Å². The van der Waals surface area contributed by atoms with Gasteiger partial charge in [0, 0.05) is 13.1 Å². The smallest absolute Gasteiger partial charge is 0.221 e. The Bertz CT molecular complexity index is 383. The largest absolute Gasteiger partial charge is 0.481 e. The van der Waals surface area contributed by atoms with Crippen molar-refractivity contribution in [2.75, 3.05) is 39.1 Å². The molecule has 1 N–H and O–H groups in total. The van der Waals surface area contributed by atoms with E-state index in [0.717, 1.165) is 24.5 Å². The number of rotatable bonds is 4. The number of likely N-dealkylation sites (tertiary alicyclic amines) is 1. The molecule has 0 saturated carbocycles. The first kappa shape index (κ1) is 12.1. The summed E-state index contributed by atoms with van der Waals surface area (Å²) in [6.07, 6.45) is 2.79. The average Bonchev–Trinajstić information content (AvgIpc) is 2.74. The van der Waals surface area contributed by atoms with Crippen molar-refractivity contribution in [3.8, 4) is 5.88 Å². The van der Waals surface area contributed by atoms with Crippen LogP contribution in [0.25, 0.3) is 0 Å². The average molecular weight is 236 g/mol. The molecule has 1 aliphatic heterocycles. The minimum atomic E-state index is 0.644. The van der Waals surface area contributed by atoms with E-state index in [1.54, 1.807) is 7.11 Å². The van der Waals surface area contributed by atoms with Crippen LogP contribution in [0.15, 0.2) is 6.33 Å². The van der Waals surface area contributed by atoms with Crippen LogP contribution in [0.3, 0.4) is 0 Å². The molecule has 1 unspecified atom stereocenters. The molecule has 1 aromatic rings. The van der Waals surface area contributed by atoms with Crippen LogP contribution in [0.5, 0.6) is 5.88 Å². The molecule has 0 aromatic carbocycles. The third kappa shape index (κ3) is 2.85. The van der Waals surface area contributed by atoms with E-state index in [0.29, 0.717) is 11.8 Å². The summed E-state index contributed by atoms with van der Waals surface area (Å²) in [4.78, 5) is 10.7. The molecule has 0 bridgehead atoms. The summed E-state index contributed by atoms with van der Waals surface area (Å²) < 4.78 is 5.18. The van der Waals surface area contributed by atoms with Gasteiger partial charge >= 0.3 is 0 Å². The van der Waals surface area contributed by atoms with Crippen LogP contribution in [-0.4, -0.2) is 48.7 Å². The lowest BCUT2D eigenvalue weighted by molar-refractivity contribution is 0.393. The summed E-state index contributed by atoms with van der Waals surface area (Å²) in [5, 5.41) is 3.39. The number of aromatic nitrogens is 2. The van der Waals surface area contributed by atoms with Crippen LogP contribution >= 0.6 is 0 Å². The number of nitrogens with one attached hydrogen (secondary N) is 1. The van der Waals surface area contributed by atoms with Crippen molar-refractivity contribution in [3.63, 3.8) is 0 Å². The molecule has 2 heterocycles. The van der Waals surface area contributed by atoms with Crippen molar-refractivity contribution >= 4 is 5.82 Å². The maximum atomic E-state index is 5.18. The van der Waals surface area contributed by atoms with Gasteiger partial charge in [0.1, 0.15) is 12.1 Å². The molecule has 1 fully saturated rings. The predicted octanol–water partition coefficient (Wildman–Crippen LogP) is 1.16. The number of hydrogen-bond acceptors (Lipinski definition) is 5. The van der Waals surface area contributed by atoms with Gasteiger partial charge in [-0.25, -0.2) is 9.97 Å². The summed E-state index contributed by atoms with van der Waals surface area (Å²) in [7, 11) is 3.80. The quantitative estimate of drug-likeness (QED) is 0.850. The van der Waals surface area contributed by atoms with Gasteiger partial charge in [0.05, 0.1) is 12.7 Å². The predicted molar refractivity (Wildman–Crippen MR) is 67.4 cm³/mol. The van der Waals surface area contributed by atoms with E-state index in [1.807, 2.05) is 6.92 Å². The number of nitrogens with zero attached hydrogens (tertiary/aromatic N) is 3. The fourth-order valence-corrected chi connectivity index (χ4v) is 2.25. The zero-order chi connectivity index (χ0) is 12.3. The summed E-state index contributed by atoms with van der Waals surface area (Å²) in [5.74, 6) is 2.23. The Labute approximate surface area is 102 Å². The lowest BCUT2D eigenvalue weighted by Crippen LogP contribution is -2.19. The number of ether oxygens (including phenoxy) is 1. The van der Waals surface area contributed by atoms with Crippen molar-refractivity contribution in [1.82, 2.24) is 14.9 Å². The van der Waals surface area contributed by atoms with Crippen molar-refractivity contribution in [2.24, 2.45) is 5.92 Å². The Balaban J connectivity index is 1.95. The molecular weight excluding hydrogens is 216 g/mol. The third-order valence-electron chi connectivity index (χ3n) is 3.28. The molecule has 0 spiro atoms. The molecule has 94 valence electrons. The van der Waals surface area contributed by atoms with Gasteiger partial charge in [0.25, 0.3) is 0 Å². The van der Waals surface area contributed by atoms with Crippen LogP contribution in [0, 0.1) is 12.8 Å². The molecule has 1 saturated heterocycles. The highest BCUT2D eigenvalue weighted by atomic mass is 16.5. The zero-order valence-corrected chi connectivity index (χ0v) is 10.7. The fourth-order valence-electron chi connectivity index (χ4n) is 2.25. The van der Waals surface area contributed by atoms with E-state index < -0.39 is 0 Å². The Morgan fingerprint density at radius 1 is 1.53 bits per heavy atom. The molecule has 0 aliphatic carbocycles. The SMILES string of the molecule is COc1ncnc(NCC2CCN(C)C2)c1C. The van der Waals surface area contributed by atoms with E-state index in [-0.39, 0.29) is 0 Å². The Morgan fingerprint density at radius 2 is 2.35 bits per heavy atom. The van der Waals surface area contributed by atoms with E-state index >= 15 is 0 Å². The van der Waals surface area contributed by atoms with Crippen LogP contribution in [0.2, 0.25) is 0 Å². The van der Waals surface area contributed by atoms with E-state index in [4.69, 9.17) is 4.74 Å². The first-order valence-electron chi connectivity index (χ1n) is 5.98. The van der Waals surface area contributed by atoms with Crippen LogP contribution in [0.4, 0.5) is 5.82 Å². The molecule has 1 aliphatic rings.